The summed E-state index contributed by atoms with van der Waals surface area (Å²) in [6.07, 6.45) is 0.576. The Hall–Kier alpha value is -2.11. The van der Waals surface area contributed by atoms with Gasteiger partial charge >= 0.3 is 12.0 Å². The number of carbonyl (C=O) groups excluding carboxylic acids is 2. The van der Waals surface area contributed by atoms with Crippen molar-refractivity contribution in [1.82, 2.24) is 10.6 Å². The third kappa shape index (κ3) is 6.17. The number of amides is 2. The fourth-order valence-electron chi connectivity index (χ4n) is 1.66. The second-order valence-electron chi connectivity index (χ2n) is 4.36. The molecule has 110 valence electrons. The molecule has 0 bridgehead atoms. The molecule has 0 saturated heterocycles. The van der Waals surface area contributed by atoms with Crippen molar-refractivity contribution in [3.8, 4) is 0 Å². The first-order valence-electron chi connectivity index (χ1n) is 6.45. The Morgan fingerprint density at radius 1 is 1.30 bits per heavy atom. The highest BCUT2D eigenvalue weighted by Gasteiger charge is 2.09. The number of rotatable bonds is 6. The molecule has 1 aromatic carbocycles. The summed E-state index contributed by atoms with van der Waals surface area (Å²) < 4.78 is 17.4. The van der Waals surface area contributed by atoms with Gasteiger partial charge in [-0.15, -0.1) is 0 Å². The summed E-state index contributed by atoms with van der Waals surface area (Å²) in [7, 11) is 0. The summed E-state index contributed by atoms with van der Waals surface area (Å²) in [5.41, 5.74) is 0.921. The predicted octanol–water partition coefficient (Wildman–Crippen LogP) is 1.62. The molecule has 1 atom stereocenters. The van der Waals surface area contributed by atoms with Crippen molar-refractivity contribution >= 4 is 12.0 Å². The highest BCUT2D eigenvalue weighted by molar-refractivity contribution is 5.80. The van der Waals surface area contributed by atoms with Crippen molar-refractivity contribution in [2.75, 3.05) is 13.2 Å². The zero-order chi connectivity index (χ0) is 15.0. The van der Waals surface area contributed by atoms with Crippen LogP contribution in [-0.2, 0) is 16.0 Å². The van der Waals surface area contributed by atoms with Gasteiger partial charge in [0.05, 0.1) is 6.61 Å². The van der Waals surface area contributed by atoms with E-state index in [9.17, 15) is 14.0 Å². The van der Waals surface area contributed by atoms with E-state index >= 15 is 0 Å². The smallest absolute Gasteiger partial charge is 0.325 e. The Balaban J connectivity index is 2.30. The fraction of sp³-hybridized carbons (Fsp3) is 0.429. The van der Waals surface area contributed by atoms with Crippen molar-refractivity contribution in [3.05, 3.63) is 35.6 Å². The number of halogens is 1. The van der Waals surface area contributed by atoms with Gasteiger partial charge in [0, 0.05) is 6.04 Å². The number of urea groups is 1. The van der Waals surface area contributed by atoms with Gasteiger partial charge in [-0.05, 0) is 38.0 Å². The third-order valence-corrected chi connectivity index (χ3v) is 2.53. The van der Waals surface area contributed by atoms with E-state index in [0.29, 0.717) is 6.42 Å². The van der Waals surface area contributed by atoms with Gasteiger partial charge in [0.25, 0.3) is 0 Å². The second kappa shape index (κ2) is 8.14. The number of benzene rings is 1. The highest BCUT2D eigenvalue weighted by Crippen LogP contribution is 2.05. The monoisotopic (exact) mass is 282 g/mol. The van der Waals surface area contributed by atoms with E-state index in [2.05, 4.69) is 15.4 Å². The van der Waals surface area contributed by atoms with Gasteiger partial charge in [-0.25, -0.2) is 9.18 Å². The molecule has 0 saturated carbocycles. The normalized spacial score (nSPS) is 11.6. The molecule has 0 aliphatic rings. The highest BCUT2D eigenvalue weighted by atomic mass is 19.1. The van der Waals surface area contributed by atoms with Gasteiger partial charge in [0.2, 0.25) is 0 Å². The Kier molecular flexibility index (Phi) is 6.49. The van der Waals surface area contributed by atoms with Crippen LogP contribution in [0.2, 0.25) is 0 Å². The summed E-state index contributed by atoms with van der Waals surface area (Å²) in [6.45, 7) is 3.64. The molecule has 1 rings (SSSR count). The molecule has 0 spiro atoms. The van der Waals surface area contributed by atoms with Gasteiger partial charge in [-0.2, -0.15) is 0 Å². The van der Waals surface area contributed by atoms with Gasteiger partial charge in [0.15, 0.2) is 0 Å². The number of hydrogen-bond acceptors (Lipinski definition) is 3. The minimum Gasteiger partial charge on any atom is -0.465 e. The lowest BCUT2D eigenvalue weighted by Gasteiger charge is -2.14. The Morgan fingerprint density at radius 2 is 1.95 bits per heavy atom. The molecule has 5 nitrogen and oxygen atoms in total. The fourth-order valence-corrected chi connectivity index (χ4v) is 1.66. The van der Waals surface area contributed by atoms with Gasteiger partial charge < -0.3 is 15.4 Å². The van der Waals surface area contributed by atoms with Crippen LogP contribution >= 0.6 is 0 Å². The van der Waals surface area contributed by atoms with E-state index in [1.807, 2.05) is 6.92 Å². The molecule has 0 aliphatic heterocycles. The zero-order valence-corrected chi connectivity index (χ0v) is 11.6. The molecular formula is C14H19FN2O3. The standard InChI is InChI=1S/C14H19FN2O3/c1-3-20-13(18)9-16-14(19)17-10(2)8-11-4-6-12(15)7-5-11/h4-7,10H,3,8-9H2,1-2H3,(H2,16,17,19). The van der Waals surface area contributed by atoms with Crippen LogP contribution in [0.4, 0.5) is 9.18 Å². The maximum Gasteiger partial charge on any atom is 0.325 e. The van der Waals surface area contributed by atoms with Crippen LogP contribution in [-0.4, -0.2) is 31.2 Å². The average molecular weight is 282 g/mol. The van der Waals surface area contributed by atoms with Gasteiger partial charge in [-0.1, -0.05) is 12.1 Å². The summed E-state index contributed by atoms with van der Waals surface area (Å²) >= 11 is 0. The largest absolute Gasteiger partial charge is 0.465 e. The first-order chi connectivity index (χ1) is 9.51. The quantitative estimate of drug-likeness (QED) is 0.779. The van der Waals surface area contributed by atoms with Crippen LogP contribution in [0.1, 0.15) is 19.4 Å². The van der Waals surface area contributed by atoms with Crippen LogP contribution in [0.3, 0.4) is 0 Å². The second-order valence-corrected chi connectivity index (χ2v) is 4.36. The molecule has 1 aromatic rings. The van der Waals surface area contributed by atoms with Crippen molar-refractivity contribution in [2.45, 2.75) is 26.3 Å². The molecule has 0 radical (unpaired) electrons. The van der Waals surface area contributed by atoms with Crippen LogP contribution in [0, 0.1) is 5.82 Å². The van der Waals surface area contributed by atoms with Crippen molar-refractivity contribution in [2.24, 2.45) is 0 Å². The lowest BCUT2D eigenvalue weighted by atomic mass is 10.1. The SMILES string of the molecule is CCOC(=O)CNC(=O)NC(C)Cc1ccc(F)cc1. The van der Waals surface area contributed by atoms with Crippen LogP contribution in [0.25, 0.3) is 0 Å². The lowest BCUT2D eigenvalue weighted by molar-refractivity contribution is -0.141. The molecule has 2 N–H and O–H groups in total. The van der Waals surface area contributed by atoms with Gasteiger partial charge in [0.1, 0.15) is 12.4 Å². The van der Waals surface area contributed by atoms with Crippen LogP contribution < -0.4 is 10.6 Å². The van der Waals surface area contributed by atoms with E-state index < -0.39 is 12.0 Å². The molecule has 1 unspecified atom stereocenters. The van der Waals surface area contributed by atoms with E-state index in [4.69, 9.17) is 0 Å². The maximum absolute atomic E-state index is 12.7. The molecule has 0 aromatic heterocycles. The number of carbonyl (C=O) groups is 2. The minimum atomic E-state index is -0.478. The third-order valence-electron chi connectivity index (χ3n) is 2.53. The van der Waals surface area contributed by atoms with E-state index in [0.717, 1.165) is 5.56 Å². The molecule has 6 heteroatoms. The molecule has 2 amide bonds. The van der Waals surface area contributed by atoms with Crippen LogP contribution in [0.15, 0.2) is 24.3 Å². The maximum atomic E-state index is 12.7. The molecule has 0 aliphatic carbocycles. The summed E-state index contributed by atoms with van der Waals surface area (Å²) in [5.74, 6) is -0.768. The van der Waals surface area contributed by atoms with Gasteiger partial charge in [-0.3, -0.25) is 4.79 Å². The summed E-state index contributed by atoms with van der Waals surface area (Å²) in [5, 5.41) is 5.10. The number of esters is 1. The van der Waals surface area contributed by atoms with Crippen LogP contribution in [0.5, 0.6) is 0 Å². The first-order valence-corrected chi connectivity index (χ1v) is 6.45. The zero-order valence-electron chi connectivity index (χ0n) is 11.6. The topological polar surface area (TPSA) is 67.4 Å². The number of nitrogens with one attached hydrogen (secondary N) is 2. The summed E-state index contributed by atoms with van der Waals surface area (Å²) in [4.78, 5) is 22.6. The summed E-state index contributed by atoms with van der Waals surface area (Å²) in [6, 6.07) is 5.52. The van der Waals surface area contributed by atoms with E-state index in [1.54, 1.807) is 19.1 Å². The minimum absolute atomic E-state index is 0.136. The molecular weight excluding hydrogens is 263 g/mol. The van der Waals surface area contributed by atoms with E-state index in [1.165, 1.54) is 12.1 Å². The van der Waals surface area contributed by atoms with Crippen molar-refractivity contribution < 1.29 is 18.7 Å². The Morgan fingerprint density at radius 3 is 2.55 bits per heavy atom. The van der Waals surface area contributed by atoms with Crippen molar-refractivity contribution in [3.63, 3.8) is 0 Å². The first kappa shape index (κ1) is 15.9. The average Bonchev–Trinajstić information content (AvgIpc) is 2.39. The van der Waals surface area contributed by atoms with Crippen molar-refractivity contribution in [1.29, 1.82) is 0 Å². The Labute approximate surface area is 117 Å². The molecule has 0 heterocycles. The predicted molar refractivity (Wildman–Crippen MR) is 72.7 cm³/mol. The lowest BCUT2D eigenvalue weighted by Crippen LogP contribution is -2.43. The Bertz CT molecular complexity index is 448. The molecule has 0 fully saturated rings. The molecule has 20 heavy (non-hydrogen) atoms. The number of hydrogen-bond donors (Lipinski definition) is 2. The number of ether oxygens (including phenoxy) is 1. The van der Waals surface area contributed by atoms with E-state index in [-0.39, 0.29) is 25.0 Å².